The lowest BCUT2D eigenvalue weighted by Gasteiger charge is -2.46. The number of aliphatic hydroxyl groups is 1. The molecule has 28 heavy (non-hydrogen) atoms. The fourth-order valence-corrected chi connectivity index (χ4v) is 6.46. The van der Waals surface area contributed by atoms with E-state index < -0.39 is 18.0 Å². The van der Waals surface area contributed by atoms with Crippen LogP contribution in [0.3, 0.4) is 0 Å². The van der Waals surface area contributed by atoms with Crippen LogP contribution in [0.25, 0.3) is 0 Å². The summed E-state index contributed by atoms with van der Waals surface area (Å²) < 4.78 is 5.79. The first kappa shape index (κ1) is 20.2. The van der Waals surface area contributed by atoms with E-state index in [1.165, 1.54) is 4.90 Å². The molecule has 3 fully saturated rings. The van der Waals surface area contributed by atoms with Crippen molar-refractivity contribution in [1.82, 2.24) is 15.1 Å². The second-order valence-corrected chi connectivity index (χ2v) is 9.60. The number of carboxylic acids is 1. The van der Waals surface area contributed by atoms with E-state index in [4.69, 9.17) is 4.74 Å². The maximum Gasteiger partial charge on any atom is 0.353 e. The topological polar surface area (TPSA) is 102 Å². The molecule has 0 spiro atoms. The van der Waals surface area contributed by atoms with Gasteiger partial charge in [-0.3, -0.25) is 9.69 Å². The molecule has 0 unspecified atom stereocenters. The summed E-state index contributed by atoms with van der Waals surface area (Å²) in [6.07, 6.45) is 0.441. The van der Waals surface area contributed by atoms with E-state index in [-0.39, 0.29) is 29.7 Å². The van der Waals surface area contributed by atoms with Gasteiger partial charge in [0.05, 0.1) is 30.8 Å². The first-order valence-electron chi connectivity index (χ1n) is 10.1. The Balaban J connectivity index is 1.42. The van der Waals surface area contributed by atoms with Crippen LogP contribution in [0.2, 0.25) is 0 Å². The highest BCUT2D eigenvalue weighted by Crippen LogP contribution is 2.51. The molecule has 0 radical (unpaired) electrons. The van der Waals surface area contributed by atoms with Crippen molar-refractivity contribution in [3.05, 3.63) is 10.6 Å². The summed E-state index contributed by atoms with van der Waals surface area (Å²) in [6, 6.07) is -0.236. The van der Waals surface area contributed by atoms with Gasteiger partial charge >= 0.3 is 5.97 Å². The monoisotopic (exact) mass is 411 g/mol. The van der Waals surface area contributed by atoms with Crippen LogP contribution in [0.4, 0.5) is 0 Å². The van der Waals surface area contributed by atoms with Gasteiger partial charge < -0.3 is 25.2 Å². The highest BCUT2D eigenvalue weighted by atomic mass is 32.2. The average Bonchev–Trinajstić information content (AvgIpc) is 3.17. The SMILES string of the molecule is C[C@@H](O)[C@H]1C(=O)N2C(C(=O)O)=C(S[C@@H]3CCN(C[C@H]4CNCCO4)C3)[C@H](C)[C@H]12. The number of fused-ring (bicyclic) bond motifs is 1. The molecule has 4 aliphatic heterocycles. The molecule has 9 heteroatoms. The lowest BCUT2D eigenvalue weighted by molar-refractivity contribution is -0.163. The van der Waals surface area contributed by atoms with Crippen molar-refractivity contribution >= 4 is 23.6 Å². The van der Waals surface area contributed by atoms with Gasteiger partial charge in [0.2, 0.25) is 5.91 Å². The fraction of sp³-hybridized carbons (Fsp3) is 0.789. The van der Waals surface area contributed by atoms with Gasteiger partial charge in [0.15, 0.2) is 0 Å². The number of hydrogen-bond donors (Lipinski definition) is 3. The number of ether oxygens (including phenoxy) is 1. The fourth-order valence-electron chi connectivity index (χ4n) is 4.94. The lowest BCUT2D eigenvalue weighted by Crippen LogP contribution is -2.63. The smallest absolute Gasteiger partial charge is 0.353 e. The molecule has 4 rings (SSSR count). The molecule has 4 aliphatic rings. The van der Waals surface area contributed by atoms with Crippen LogP contribution in [-0.4, -0.2) is 94.7 Å². The van der Waals surface area contributed by atoms with E-state index in [9.17, 15) is 19.8 Å². The molecule has 6 atom stereocenters. The summed E-state index contributed by atoms with van der Waals surface area (Å²) in [7, 11) is 0. The summed E-state index contributed by atoms with van der Waals surface area (Å²) in [6.45, 7) is 8.87. The van der Waals surface area contributed by atoms with Crippen molar-refractivity contribution in [2.75, 3.05) is 39.3 Å². The van der Waals surface area contributed by atoms with Crippen molar-refractivity contribution in [1.29, 1.82) is 0 Å². The number of thioether (sulfide) groups is 1. The van der Waals surface area contributed by atoms with Crippen LogP contribution in [0.5, 0.6) is 0 Å². The predicted octanol–water partition coefficient (Wildman–Crippen LogP) is -0.0640. The van der Waals surface area contributed by atoms with E-state index in [1.807, 2.05) is 6.92 Å². The third kappa shape index (κ3) is 3.47. The molecule has 3 saturated heterocycles. The van der Waals surface area contributed by atoms with Gasteiger partial charge in [-0.25, -0.2) is 4.79 Å². The molecular formula is C19H29N3O5S. The quantitative estimate of drug-likeness (QED) is 0.523. The van der Waals surface area contributed by atoms with Gasteiger partial charge in [-0.1, -0.05) is 6.92 Å². The number of amides is 1. The van der Waals surface area contributed by atoms with Crippen molar-refractivity contribution in [2.45, 2.75) is 43.8 Å². The van der Waals surface area contributed by atoms with E-state index in [0.29, 0.717) is 5.25 Å². The minimum absolute atomic E-state index is 0.0617. The average molecular weight is 412 g/mol. The predicted molar refractivity (Wildman–Crippen MR) is 105 cm³/mol. The van der Waals surface area contributed by atoms with Crippen LogP contribution < -0.4 is 5.32 Å². The Kier molecular flexibility index (Phi) is 5.72. The normalized spacial score (nSPS) is 37.2. The largest absolute Gasteiger partial charge is 0.477 e. The number of rotatable bonds is 6. The van der Waals surface area contributed by atoms with Gasteiger partial charge in [0.25, 0.3) is 0 Å². The van der Waals surface area contributed by atoms with Crippen LogP contribution in [-0.2, 0) is 14.3 Å². The number of carbonyl (C=O) groups is 2. The van der Waals surface area contributed by atoms with Crippen molar-refractivity contribution in [3.63, 3.8) is 0 Å². The lowest BCUT2D eigenvalue weighted by atomic mass is 9.79. The summed E-state index contributed by atoms with van der Waals surface area (Å²) in [5.74, 6) is -1.88. The summed E-state index contributed by atoms with van der Waals surface area (Å²) in [5.41, 5.74) is 0.127. The highest BCUT2D eigenvalue weighted by molar-refractivity contribution is 8.03. The maximum atomic E-state index is 12.4. The molecule has 3 N–H and O–H groups in total. The second kappa shape index (κ2) is 7.95. The number of β-lactam (4-membered cyclic amide) rings is 1. The molecule has 0 saturated carbocycles. The number of morpholine rings is 1. The first-order valence-corrected chi connectivity index (χ1v) is 11.0. The minimum atomic E-state index is -1.05. The maximum absolute atomic E-state index is 12.4. The number of hydrogen-bond acceptors (Lipinski definition) is 7. The summed E-state index contributed by atoms with van der Waals surface area (Å²) >= 11 is 1.61. The zero-order chi connectivity index (χ0) is 20.0. The Morgan fingerprint density at radius 2 is 2.25 bits per heavy atom. The van der Waals surface area contributed by atoms with Gasteiger partial charge in [-0.05, 0) is 19.9 Å². The van der Waals surface area contributed by atoms with Crippen molar-refractivity contribution < 1.29 is 24.5 Å². The summed E-state index contributed by atoms with van der Waals surface area (Å²) in [5, 5.41) is 23.4. The minimum Gasteiger partial charge on any atom is -0.477 e. The van der Waals surface area contributed by atoms with Crippen LogP contribution >= 0.6 is 11.8 Å². The van der Waals surface area contributed by atoms with Gasteiger partial charge in [0, 0.05) is 42.3 Å². The molecule has 8 nitrogen and oxygen atoms in total. The van der Waals surface area contributed by atoms with Crippen LogP contribution in [0, 0.1) is 11.8 Å². The molecule has 0 aromatic carbocycles. The second-order valence-electron chi connectivity index (χ2n) is 8.26. The number of nitrogens with one attached hydrogen (secondary N) is 1. The number of carboxylic acid groups (broad SMARTS) is 1. The summed E-state index contributed by atoms with van der Waals surface area (Å²) in [4.78, 5) is 28.9. The molecular weight excluding hydrogens is 382 g/mol. The third-order valence-electron chi connectivity index (χ3n) is 6.30. The third-order valence-corrected chi connectivity index (χ3v) is 7.84. The number of aliphatic carboxylic acids is 1. The number of likely N-dealkylation sites (tertiary alicyclic amines) is 1. The van der Waals surface area contributed by atoms with Crippen LogP contribution in [0.1, 0.15) is 20.3 Å². The Bertz CT molecular complexity index is 678. The first-order chi connectivity index (χ1) is 13.4. The number of nitrogens with zero attached hydrogens (tertiary/aromatic N) is 2. The zero-order valence-electron chi connectivity index (χ0n) is 16.3. The molecule has 0 bridgehead atoms. The Morgan fingerprint density at radius 1 is 1.46 bits per heavy atom. The Hall–Kier alpha value is -1.13. The van der Waals surface area contributed by atoms with Gasteiger partial charge in [-0.2, -0.15) is 0 Å². The molecule has 0 aromatic rings. The molecule has 4 heterocycles. The standard InChI is InChI=1S/C19H29N3O5S/c1-10-15-14(11(2)23)18(24)22(15)16(19(25)26)17(10)28-13-3-5-21(9-13)8-12-7-20-4-6-27-12/h10-15,20,23H,3-9H2,1-2H3,(H,25,26)/t10-,11-,12-,13-,14-,15-/m1/s1. The van der Waals surface area contributed by atoms with Crippen molar-refractivity contribution in [3.8, 4) is 0 Å². The number of carbonyl (C=O) groups excluding carboxylic acids is 1. The van der Waals surface area contributed by atoms with E-state index >= 15 is 0 Å². The van der Waals surface area contributed by atoms with Crippen LogP contribution in [0.15, 0.2) is 10.6 Å². The van der Waals surface area contributed by atoms with E-state index in [0.717, 1.165) is 50.7 Å². The van der Waals surface area contributed by atoms with Crippen molar-refractivity contribution in [2.24, 2.45) is 11.8 Å². The van der Waals surface area contributed by atoms with Gasteiger partial charge in [-0.15, -0.1) is 11.8 Å². The Morgan fingerprint density at radius 3 is 2.89 bits per heavy atom. The van der Waals surface area contributed by atoms with Gasteiger partial charge in [0.1, 0.15) is 5.70 Å². The molecule has 1 amide bonds. The number of aliphatic hydroxyl groups excluding tert-OH is 1. The zero-order valence-corrected chi connectivity index (χ0v) is 17.2. The molecule has 156 valence electrons. The van der Waals surface area contributed by atoms with E-state index in [1.54, 1.807) is 18.7 Å². The molecule has 0 aliphatic carbocycles. The highest BCUT2D eigenvalue weighted by Gasteiger charge is 2.60. The van der Waals surface area contributed by atoms with E-state index in [2.05, 4.69) is 10.2 Å². The Labute approximate surface area is 169 Å². The molecule has 0 aromatic heterocycles.